The van der Waals surface area contributed by atoms with Crippen molar-refractivity contribution in [2.24, 2.45) is 0 Å². The lowest BCUT2D eigenvalue weighted by atomic mass is 10.0. The minimum atomic E-state index is 0.686. The highest BCUT2D eigenvalue weighted by atomic mass is 14.9. The van der Waals surface area contributed by atoms with E-state index in [9.17, 15) is 0 Å². The molecule has 0 saturated heterocycles. The Balaban J connectivity index is 2.13. The summed E-state index contributed by atoms with van der Waals surface area (Å²) in [6, 6.07) is 6.47. The number of imidazole rings is 1. The number of aromatic amines is 1. The first-order valence-corrected chi connectivity index (χ1v) is 7.01. The summed E-state index contributed by atoms with van der Waals surface area (Å²) < 4.78 is 0. The van der Waals surface area contributed by atoms with E-state index in [1.807, 2.05) is 0 Å². The van der Waals surface area contributed by atoms with Crippen molar-refractivity contribution in [2.75, 3.05) is 0 Å². The van der Waals surface area contributed by atoms with Gasteiger partial charge >= 0.3 is 0 Å². The average molecular weight is 240 g/mol. The number of hydrogen-bond donors (Lipinski definition) is 1. The lowest BCUT2D eigenvalue weighted by Crippen LogP contribution is -1.86. The van der Waals surface area contributed by atoms with Gasteiger partial charge in [-0.15, -0.1) is 0 Å². The maximum atomic E-state index is 4.83. The molecule has 0 radical (unpaired) electrons. The van der Waals surface area contributed by atoms with Crippen molar-refractivity contribution >= 4 is 16.6 Å². The molecule has 2 aromatic rings. The van der Waals surface area contributed by atoms with Crippen LogP contribution in [-0.4, -0.2) is 9.97 Å². The van der Waals surface area contributed by atoms with Crippen LogP contribution >= 0.6 is 0 Å². The molecule has 1 aromatic heterocycles. The summed E-state index contributed by atoms with van der Waals surface area (Å²) in [7, 11) is 0. The lowest BCUT2D eigenvalue weighted by Gasteiger charge is -2.05. The summed E-state index contributed by atoms with van der Waals surface area (Å²) in [5.74, 6) is 1.87. The highest BCUT2D eigenvalue weighted by Crippen LogP contribution is 2.39. The molecule has 0 bridgehead atoms. The summed E-state index contributed by atoms with van der Waals surface area (Å²) in [6.07, 6.45) is 7.06. The van der Waals surface area contributed by atoms with Crippen LogP contribution < -0.4 is 0 Å². The normalized spacial score (nSPS) is 16.4. The Hall–Kier alpha value is -1.57. The number of hydrogen-bond acceptors (Lipinski definition) is 1. The molecule has 1 aliphatic carbocycles. The van der Waals surface area contributed by atoms with E-state index in [0.717, 1.165) is 18.4 Å². The van der Waals surface area contributed by atoms with Gasteiger partial charge in [-0.05, 0) is 37.3 Å². The molecule has 0 amide bonds. The summed E-state index contributed by atoms with van der Waals surface area (Å²) in [4.78, 5) is 8.31. The quantitative estimate of drug-likeness (QED) is 0.828. The number of nitrogens with one attached hydrogen (secondary N) is 1. The van der Waals surface area contributed by atoms with Crippen LogP contribution in [0.2, 0.25) is 0 Å². The smallest absolute Gasteiger partial charge is 0.110 e. The minimum Gasteiger partial charge on any atom is -0.342 e. The minimum absolute atomic E-state index is 0.686. The fourth-order valence-corrected chi connectivity index (χ4v) is 2.55. The third kappa shape index (κ3) is 1.96. The number of para-hydroxylation sites is 1. The van der Waals surface area contributed by atoms with E-state index in [1.165, 1.54) is 35.3 Å². The molecule has 0 spiro atoms. The zero-order valence-corrected chi connectivity index (χ0v) is 11.2. The molecule has 3 rings (SSSR count). The fourth-order valence-electron chi connectivity index (χ4n) is 2.55. The average Bonchev–Trinajstić information content (AvgIpc) is 3.15. The maximum absolute atomic E-state index is 4.83. The van der Waals surface area contributed by atoms with E-state index in [2.05, 4.69) is 43.1 Å². The van der Waals surface area contributed by atoms with Crippen molar-refractivity contribution < 1.29 is 0 Å². The van der Waals surface area contributed by atoms with Gasteiger partial charge in [-0.2, -0.15) is 0 Å². The molecule has 1 saturated carbocycles. The molecule has 1 aliphatic rings. The summed E-state index contributed by atoms with van der Waals surface area (Å²) in [5, 5.41) is 0. The van der Waals surface area contributed by atoms with Crippen molar-refractivity contribution in [3.8, 4) is 0 Å². The van der Waals surface area contributed by atoms with Crippen LogP contribution in [0.15, 0.2) is 24.3 Å². The van der Waals surface area contributed by atoms with E-state index >= 15 is 0 Å². The zero-order chi connectivity index (χ0) is 12.5. The van der Waals surface area contributed by atoms with Gasteiger partial charge in [0.1, 0.15) is 5.82 Å². The number of allylic oxidation sites excluding steroid dienone is 2. The summed E-state index contributed by atoms with van der Waals surface area (Å²) in [6.45, 7) is 4.41. The van der Waals surface area contributed by atoms with Gasteiger partial charge in [-0.1, -0.05) is 32.1 Å². The van der Waals surface area contributed by atoms with Gasteiger partial charge in [0, 0.05) is 11.5 Å². The molecule has 0 aliphatic heterocycles. The Bertz CT molecular complexity index is 588. The van der Waals surface area contributed by atoms with Gasteiger partial charge in [0.05, 0.1) is 11.0 Å². The van der Waals surface area contributed by atoms with E-state index in [4.69, 9.17) is 4.98 Å². The largest absolute Gasteiger partial charge is 0.342 e. The van der Waals surface area contributed by atoms with Crippen LogP contribution in [0, 0.1) is 0 Å². The molecule has 2 nitrogen and oxygen atoms in total. The maximum Gasteiger partial charge on any atom is 0.110 e. The van der Waals surface area contributed by atoms with Gasteiger partial charge in [-0.25, -0.2) is 4.98 Å². The van der Waals surface area contributed by atoms with Crippen LogP contribution in [0.1, 0.15) is 56.8 Å². The van der Waals surface area contributed by atoms with Crippen LogP contribution in [-0.2, 0) is 0 Å². The van der Waals surface area contributed by atoms with Crippen LogP contribution in [0.3, 0.4) is 0 Å². The molecule has 1 aromatic carbocycles. The highest BCUT2D eigenvalue weighted by Gasteiger charge is 2.27. The first-order chi connectivity index (χ1) is 8.83. The summed E-state index contributed by atoms with van der Waals surface area (Å²) >= 11 is 0. The van der Waals surface area contributed by atoms with Crippen molar-refractivity contribution in [1.82, 2.24) is 9.97 Å². The van der Waals surface area contributed by atoms with E-state index < -0.39 is 0 Å². The number of H-pyrrole nitrogens is 1. The second-order valence-corrected chi connectivity index (χ2v) is 5.09. The first-order valence-electron chi connectivity index (χ1n) is 7.01. The standard InChI is InChI=1S/C16H20N2/c1-3-6-11(4-2)13-7-5-8-14-15(13)18-16(17-14)12-9-10-12/h5-8,12H,3-4,9-10H2,1-2H3,(H,17,18). The van der Waals surface area contributed by atoms with E-state index in [0.29, 0.717) is 5.92 Å². The molecule has 1 N–H and O–H groups in total. The third-order valence-electron chi connectivity index (χ3n) is 3.67. The predicted molar refractivity (Wildman–Crippen MR) is 76.6 cm³/mol. The molecule has 18 heavy (non-hydrogen) atoms. The van der Waals surface area contributed by atoms with Crippen molar-refractivity contribution in [3.63, 3.8) is 0 Å². The molecule has 94 valence electrons. The Kier molecular flexibility index (Phi) is 2.94. The van der Waals surface area contributed by atoms with Crippen molar-refractivity contribution in [2.45, 2.75) is 45.4 Å². The SMILES string of the molecule is CCC=C(CC)c1cccc2[nH]c(C3CC3)nc12. The van der Waals surface area contributed by atoms with Gasteiger partial charge in [0.15, 0.2) is 0 Å². The van der Waals surface area contributed by atoms with Gasteiger partial charge < -0.3 is 4.98 Å². The number of nitrogens with zero attached hydrogens (tertiary/aromatic N) is 1. The zero-order valence-electron chi connectivity index (χ0n) is 11.2. The number of fused-ring (bicyclic) bond motifs is 1. The molecule has 2 heteroatoms. The van der Waals surface area contributed by atoms with Crippen LogP contribution in [0.25, 0.3) is 16.6 Å². The summed E-state index contributed by atoms with van der Waals surface area (Å²) in [5.41, 5.74) is 5.06. The van der Waals surface area contributed by atoms with Crippen LogP contribution in [0.5, 0.6) is 0 Å². The van der Waals surface area contributed by atoms with E-state index in [1.54, 1.807) is 0 Å². The topological polar surface area (TPSA) is 28.7 Å². The molecular weight excluding hydrogens is 220 g/mol. The number of benzene rings is 1. The van der Waals surface area contributed by atoms with Gasteiger partial charge in [0.2, 0.25) is 0 Å². The second-order valence-electron chi connectivity index (χ2n) is 5.09. The second kappa shape index (κ2) is 4.60. The predicted octanol–water partition coefficient (Wildman–Crippen LogP) is 4.64. The first kappa shape index (κ1) is 11.5. The lowest BCUT2D eigenvalue weighted by molar-refractivity contribution is 0.986. The van der Waals surface area contributed by atoms with Crippen LogP contribution in [0.4, 0.5) is 0 Å². The third-order valence-corrected chi connectivity index (χ3v) is 3.67. The molecule has 0 unspecified atom stereocenters. The van der Waals surface area contributed by atoms with Gasteiger partial charge in [0.25, 0.3) is 0 Å². The number of rotatable bonds is 4. The van der Waals surface area contributed by atoms with Crippen molar-refractivity contribution in [1.29, 1.82) is 0 Å². The fraction of sp³-hybridized carbons (Fsp3) is 0.438. The molecule has 1 heterocycles. The van der Waals surface area contributed by atoms with Crippen molar-refractivity contribution in [3.05, 3.63) is 35.7 Å². The van der Waals surface area contributed by atoms with Gasteiger partial charge in [-0.3, -0.25) is 0 Å². The highest BCUT2D eigenvalue weighted by molar-refractivity contribution is 5.89. The Labute approximate surface area is 108 Å². The molecule has 1 fully saturated rings. The Morgan fingerprint density at radius 2 is 2.22 bits per heavy atom. The van der Waals surface area contributed by atoms with E-state index in [-0.39, 0.29) is 0 Å². The Morgan fingerprint density at radius 1 is 1.39 bits per heavy atom. The Morgan fingerprint density at radius 3 is 2.89 bits per heavy atom. The molecule has 0 atom stereocenters. The number of aromatic nitrogens is 2. The monoisotopic (exact) mass is 240 g/mol. The molecular formula is C16H20N2.